The van der Waals surface area contributed by atoms with Crippen molar-refractivity contribution >= 4 is 49.2 Å². The van der Waals surface area contributed by atoms with Gasteiger partial charge in [0.05, 0.1) is 0 Å². The summed E-state index contributed by atoms with van der Waals surface area (Å²) in [5.74, 6) is 1.76. The molecule has 8 heteroatoms. The molecule has 4 aromatic rings. The minimum absolute atomic E-state index is 0.684. The topological polar surface area (TPSA) is 63.0 Å². The number of rotatable bonds is 5. The number of para-hydroxylation sites is 1. The molecule has 0 bridgehead atoms. The van der Waals surface area contributed by atoms with Gasteiger partial charge < -0.3 is 4.90 Å². The quantitative estimate of drug-likeness (QED) is 0.397. The van der Waals surface area contributed by atoms with Crippen molar-refractivity contribution in [1.29, 1.82) is 0 Å². The van der Waals surface area contributed by atoms with Gasteiger partial charge in [0.1, 0.15) is 0 Å². The number of imidazole rings is 1. The van der Waals surface area contributed by atoms with E-state index in [4.69, 9.17) is 4.98 Å². The molecule has 1 aromatic carbocycles. The zero-order valence-corrected chi connectivity index (χ0v) is 21.4. The van der Waals surface area contributed by atoms with Crippen LogP contribution in [0, 0.1) is 12.8 Å². The number of likely N-dealkylation sites (tertiary alicyclic amines) is 1. The predicted octanol–water partition coefficient (Wildman–Crippen LogP) is 1.77. The molecule has 5 rings (SSSR count). The molecule has 32 heavy (non-hydrogen) atoms. The van der Waals surface area contributed by atoms with E-state index >= 15 is 0 Å². The number of aromatic nitrogens is 5. The molecular formula is C24H30AsN7. The summed E-state index contributed by atoms with van der Waals surface area (Å²) in [6.07, 6.45) is 6.00. The molecule has 7 nitrogen and oxygen atoms in total. The maximum atomic E-state index is 5.19. The number of hydrogen-bond acceptors (Lipinski definition) is 6. The van der Waals surface area contributed by atoms with Gasteiger partial charge in [-0.05, 0) is 7.05 Å². The van der Waals surface area contributed by atoms with Crippen LogP contribution in [0.2, 0.25) is 0 Å². The Hall–Kier alpha value is -2.50. The zero-order chi connectivity index (χ0) is 22.2. The van der Waals surface area contributed by atoms with Crippen LogP contribution in [0.3, 0.4) is 0 Å². The van der Waals surface area contributed by atoms with Crippen LogP contribution < -0.4 is 9.38 Å². The number of nitrogens with zero attached hydrogens (tertiary/aromatic N) is 7. The van der Waals surface area contributed by atoms with Crippen LogP contribution in [0.25, 0.3) is 22.1 Å². The van der Waals surface area contributed by atoms with E-state index in [-0.39, 0.29) is 0 Å². The van der Waals surface area contributed by atoms with Crippen molar-refractivity contribution in [2.24, 2.45) is 5.92 Å². The van der Waals surface area contributed by atoms with Crippen molar-refractivity contribution in [2.45, 2.75) is 26.3 Å². The Morgan fingerprint density at radius 2 is 1.94 bits per heavy atom. The molecule has 0 aliphatic carbocycles. The first-order chi connectivity index (χ1) is 15.5. The van der Waals surface area contributed by atoms with E-state index in [1.165, 1.54) is 59.3 Å². The first-order valence-corrected chi connectivity index (χ1v) is 12.4. The summed E-state index contributed by atoms with van der Waals surface area (Å²) >= 11 is 1.47. The number of fused-ring (bicyclic) bond motifs is 2. The summed E-state index contributed by atoms with van der Waals surface area (Å²) < 4.78 is 3.08. The predicted molar refractivity (Wildman–Crippen MR) is 133 cm³/mol. The van der Waals surface area contributed by atoms with E-state index in [0.717, 1.165) is 33.5 Å². The van der Waals surface area contributed by atoms with Crippen molar-refractivity contribution in [3.8, 4) is 0 Å². The molecule has 0 saturated carbocycles. The molecule has 4 heterocycles. The van der Waals surface area contributed by atoms with Gasteiger partial charge >= 0.3 is 186 Å². The molecular weight excluding hydrogens is 461 g/mol. The average Bonchev–Trinajstić information content (AvgIpc) is 3.19. The second kappa shape index (κ2) is 8.80. The van der Waals surface area contributed by atoms with Gasteiger partial charge in [0.25, 0.3) is 0 Å². The monoisotopic (exact) mass is 491 g/mol. The summed E-state index contributed by atoms with van der Waals surface area (Å²) in [6.45, 7) is 6.21. The Kier molecular flexibility index (Phi) is 5.87. The van der Waals surface area contributed by atoms with Crippen molar-refractivity contribution in [3.05, 3.63) is 48.0 Å². The SMILES string of the molecule is Cc1cccc2cc(Cn3cnc4c([AsH2])ncnc43)c(N(C)CC3CCN(C)CC3)nc12. The Bertz CT molecular complexity index is 1260. The zero-order valence-electron chi connectivity index (χ0n) is 19.0. The number of piperidine rings is 1. The number of aryl methyl sites for hydroxylation is 1. The molecule has 0 N–H and O–H groups in total. The van der Waals surface area contributed by atoms with Crippen LogP contribution in [0.5, 0.6) is 0 Å². The maximum absolute atomic E-state index is 5.19. The Morgan fingerprint density at radius 3 is 2.75 bits per heavy atom. The van der Waals surface area contributed by atoms with Crippen molar-refractivity contribution < 1.29 is 0 Å². The van der Waals surface area contributed by atoms with Gasteiger partial charge in [-0.15, -0.1) is 0 Å². The fourth-order valence-corrected chi connectivity index (χ4v) is 5.31. The van der Waals surface area contributed by atoms with Crippen molar-refractivity contribution in [3.63, 3.8) is 0 Å². The number of hydrogen-bond donors (Lipinski definition) is 0. The average molecular weight is 491 g/mol. The standard InChI is InChI=1S/C24H30AsN7/c1-16-5-4-6-18-11-19(13-32-15-28-21-22(25)26-14-27-24(21)32)23(29-20(16)18)31(3)12-17-7-9-30(2)10-8-17/h4-6,11,14-15,17H,7-10,12-13,25H2,1-3H3. The minimum atomic E-state index is 0.684. The summed E-state index contributed by atoms with van der Waals surface area (Å²) in [4.78, 5) is 23.4. The van der Waals surface area contributed by atoms with Crippen LogP contribution >= 0.6 is 0 Å². The normalized spacial score (nSPS) is 15.6. The molecule has 1 saturated heterocycles. The molecule has 0 spiro atoms. The first-order valence-electron chi connectivity index (χ1n) is 11.2. The molecule has 1 aliphatic heterocycles. The summed E-state index contributed by atoms with van der Waals surface area (Å²) in [6, 6.07) is 8.69. The van der Waals surface area contributed by atoms with Gasteiger partial charge in [0.15, 0.2) is 0 Å². The molecule has 0 radical (unpaired) electrons. The molecule has 3 aromatic heterocycles. The van der Waals surface area contributed by atoms with Crippen LogP contribution in [0.4, 0.5) is 5.82 Å². The van der Waals surface area contributed by atoms with Crippen LogP contribution in [-0.4, -0.2) is 80.0 Å². The fraction of sp³-hybridized carbons (Fsp3) is 0.417. The third-order valence-electron chi connectivity index (χ3n) is 6.61. The second-order valence-corrected chi connectivity index (χ2v) is 10.2. The van der Waals surface area contributed by atoms with E-state index < -0.39 is 0 Å². The molecule has 166 valence electrons. The van der Waals surface area contributed by atoms with Gasteiger partial charge in [0, 0.05) is 0 Å². The van der Waals surface area contributed by atoms with E-state index in [1.807, 2.05) is 6.33 Å². The second-order valence-electron chi connectivity index (χ2n) is 9.05. The summed E-state index contributed by atoms with van der Waals surface area (Å²) in [5.41, 5.74) is 5.25. The van der Waals surface area contributed by atoms with Crippen LogP contribution in [0.1, 0.15) is 24.0 Å². The van der Waals surface area contributed by atoms with Gasteiger partial charge in [-0.2, -0.15) is 0 Å². The van der Waals surface area contributed by atoms with E-state index in [2.05, 4.69) is 74.6 Å². The van der Waals surface area contributed by atoms with Crippen LogP contribution in [-0.2, 0) is 6.54 Å². The van der Waals surface area contributed by atoms with Gasteiger partial charge in [-0.1, -0.05) is 0 Å². The Morgan fingerprint density at radius 1 is 1.12 bits per heavy atom. The van der Waals surface area contributed by atoms with Gasteiger partial charge in [-0.25, -0.2) is 0 Å². The van der Waals surface area contributed by atoms with Crippen molar-refractivity contribution in [1.82, 2.24) is 29.4 Å². The molecule has 1 fully saturated rings. The van der Waals surface area contributed by atoms with Gasteiger partial charge in [0.2, 0.25) is 0 Å². The third-order valence-corrected chi connectivity index (χ3v) is 7.49. The molecule has 1 unspecified atom stereocenters. The molecule has 1 aliphatic rings. The third kappa shape index (κ3) is 4.12. The summed E-state index contributed by atoms with van der Waals surface area (Å²) in [7, 11) is 4.41. The van der Waals surface area contributed by atoms with Crippen LogP contribution in [0.15, 0.2) is 36.9 Å². The van der Waals surface area contributed by atoms with E-state index in [1.54, 1.807) is 6.33 Å². The number of benzene rings is 1. The Balaban J connectivity index is 1.53. The first kappa shape index (κ1) is 21.3. The van der Waals surface area contributed by atoms with Crippen molar-refractivity contribution in [2.75, 3.05) is 38.6 Å². The van der Waals surface area contributed by atoms with Gasteiger partial charge in [-0.3, -0.25) is 0 Å². The molecule has 0 amide bonds. The van der Waals surface area contributed by atoms with E-state index in [0.29, 0.717) is 12.5 Å². The fourth-order valence-electron chi connectivity index (χ4n) is 4.74. The Labute approximate surface area is 197 Å². The molecule has 1 atom stereocenters. The summed E-state index contributed by atoms with van der Waals surface area (Å²) in [5, 5.41) is 1.18. The number of anilines is 1. The number of pyridine rings is 1. The van der Waals surface area contributed by atoms with E-state index in [9.17, 15) is 0 Å².